The third-order valence-corrected chi connectivity index (χ3v) is 7.04. The van der Waals surface area contributed by atoms with Gasteiger partial charge >= 0.3 is 0 Å². The van der Waals surface area contributed by atoms with Gasteiger partial charge in [-0.3, -0.25) is 14.6 Å². The van der Waals surface area contributed by atoms with Gasteiger partial charge in [0.15, 0.2) is 0 Å². The topological polar surface area (TPSA) is 89.4 Å². The summed E-state index contributed by atoms with van der Waals surface area (Å²) in [6, 6.07) is 9.52. The number of imidazole rings is 1. The maximum absolute atomic E-state index is 13.7. The molecule has 0 bridgehead atoms. The Kier molecular flexibility index (Phi) is 7.08. The minimum Gasteiger partial charge on any atom is -0.376 e. The number of rotatable bonds is 9. The lowest BCUT2D eigenvalue weighted by atomic mass is 9.85. The summed E-state index contributed by atoms with van der Waals surface area (Å²) in [5.41, 5.74) is 3.66. The number of benzene rings is 1. The number of carbonyl (C=O) groups is 2. The van der Waals surface area contributed by atoms with E-state index in [2.05, 4.69) is 15.3 Å². The van der Waals surface area contributed by atoms with Crippen molar-refractivity contribution < 1.29 is 14.3 Å². The number of anilines is 1. The second kappa shape index (κ2) is 10.6. The number of carbonyl (C=O) groups excluding carboxylic acids is 2. The number of nitrogens with one attached hydrogen (secondary N) is 1. The Hall–Kier alpha value is -3.26. The van der Waals surface area contributed by atoms with E-state index in [0.717, 1.165) is 43.6 Å². The fraction of sp³-hybridized carbons (Fsp3) is 0.481. The van der Waals surface area contributed by atoms with Crippen LogP contribution in [-0.2, 0) is 22.5 Å². The molecule has 1 aliphatic heterocycles. The van der Waals surface area contributed by atoms with Crippen LogP contribution in [0.15, 0.2) is 42.9 Å². The van der Waals surface area contributed by atoms with Crippen LogP contribution in [-0.4, -0.2) is 57.0 Å². The average molecular weight is 476 g/mol. The van der Waals surface area contributed by atoms with Gasteiger partial charge in [0.05, 0.1) is 29.2 Å². The van der Waals surface area contributed by atoms with Gasteiger partial charge in [0.1, 0.15) is 0 Å². The van der Waals surface area contributed by atoms with Crippen LogP contribution in [0.4, 0.5) is 5.69 Å². The Bertz CT molecular complexity index is 1180. The number of hydrogen-bond donors (Lipinski definition) is 1. The normalized spacial score (nSPS) is 17.9. The van der Waals surface area contributed by atoms with E-state index in [1.165, 1.54) is 26.2 Å². The van der Waals surface area contributed by atoms with Gasteiger partial charge in [-0.25, -0.2) is 4.98 Å². The molecule has 0 radical (unpaired) electrons. The van der Waals surface area contributed by atoms with E-state index < -0.39 is 0 Å². The van der Waals surface area contributed by atoms with Crippen molar-refractivity contribution in [2.45, 2.75) is 58.1 Å². The summed E-state index contributed by atoms with van der Waals surface area (Å²) in [5, 5.41) is 2.93. The quantitative estimate of drug-likeness (QED) is 0.504. The lowest BCUT2D eigenvalue weighted by Gasteiger charge is -2.33. The van der Waals surface area contributed by atoms with Crippen molar-refractivity contribution in [2.24, 2.45) is 5.92 Å². The van der Waals surface area contributed by atoms with E-state index in [-0.39, 0.29) is 17.9 Å². The Morgan fingerprint density at radius 2 is 2.03 bits per heavy atom. The molecule has 1 saturated heterocycles. The molecule has 184 valence electrons. The third kappa shape index (κ3) is 5.53. The van der Waals surface area contributed by atoms with Crippen LogP contribution in [0.25, 0.3) is 11.0 Å². The second-order valence-electron chi connectivity index (χ2n) is 9.72. The molecule has 8 heteroatoms. The highest BCUT2D eigenvalue weighted by molar-refractivity contribution is 6.05. The van der Waals surface area contributed by atoms with E-state index in [4.69, 9.17) is 4.74 Å². The summed E-state index contributed by atoms with van der Waals surface area (Å²) in [6.45, 7) is 4.28. The lowest BCUT2D eigenvalue weighted by Crippen LogP contribution is -2.41. The molecule has 5 rings (SSSR count). The smallest absolute Gasteiger partial charge is 0.254 e. The summed E-state index contributed by atoms with van der Waals surface area (Å²) in [4.78, 5) is 36.7. The van der Waals surface area contributed by atoms with Gasteiger partial charge in [0, 0.05) is 57.0 Å². The van der Waals surface area contributed by atoms with Crippen molar-refractivity contribution in [1.29, 1.82) is 0 Å². The molecule has 1 atom stereocenters. The number of hydrogen-bond acceptors (Lipinski definition) is 5. The zero-order valence-corrected chi connectivity index (χ0v) is 20.3. The molecule has 3 aromatic rings. The summed E-state index contributed by atoms with van der Waals surface area (Å²) in [5.74, 6) is 0.354. The first-order valence-corrected chi connectivity index (χ1v) is 12.6. The van der Waals surface area contributed by atoms with Crippen LogP contribution in [0.1, 0.15) is 55.1 Å². The number of pyridine rings is 1. The van der Waals surface area contributed by atoms with Crippen LogP contribution < -0.4 is 5.32 Å². The van der Waals surface area contributed by atoms with E-state index in [0.29, 0.717) is 35.8 Å². The monoisotopic (exact) mass is 475 g/mol. The fourth-order valence-corrected chi connectivity index (χ4v) is 5.01. The minimum absolute atomic E-state index is 0.0241. The van der Waals surface area contributed by atoms with Crippen LogP contribution in [0, 0.1) is 5.92 Å². The molecular weight excluding hydrogens is 442 g/mol. The van der Waals surface area contributed by atoms with Crippen LogP contribution in [0.2, 0.25) is 0 Å². The Labute approximate surface area is 205 Å². The van der Waals surface area contributed by atoms with Gasteiger partial charge < -0.3 is 19.5 Å². The summed E-state index contributed by atoms with van der Waals surface area (Å²) >= 11 is 0. The Morgan fingerprint density at radius 1 is 1.14 bits per heavy atom. The number of nitrogens with zero attached hydrogens (tertiary/aromatic N) is 4. The highest BCUT2D eigenvalue weighted by Crippen LogP contribution is 2.30. The number of ether oxygens (including phenoxy) is 1. The predicted molar refractivity (Wildman–Crippen MR) is 134 cm³/mol. The molecule has 1 saturated carbocycles. The number of amides is 2. The first-order chi connectivity index (χ1) is 17.1. The third-order valence-electron chi connectivity index (χ3n) is 7.04. The number of aromatic nitrogens is 3. The standard InChI is InChI=1S/C27H33N5O3/c1-19(33)30-25-15-21(27(34)32(16-20-6-4-7-20)17-23-9-5-13-35-23)14-24-26(25)31(18-29-24)12-10-22-8-2-3-11-28-22/h2-3,8,11,14-15,18,20,23H,4-7,9-10,12-13,16-17H2,1H3,(H,30,33)/t23-/m0/s1. The maximum atomic E-state index is 13.7. The molecule has 8 nitrogen and oxygen atoms in total. The van der Waals surface area contributed by atoms with Crippen LogP contribution >= 0.6 is 0 Å². The predicted octanol–water partition coefficient (Wildman–Crippen LogP) is 4.05. The molecule has 2 amide bonds. The van der Waals surface area contributed by atoms with Crippen molar-refractivity contribution in [2.75, 3.05) is 25.0 Å². The van der Waals surface area contributed by atoms with Gasteiger partial charge in [-0.05, 0) is 55.9 Å². The van der Waals surface area contributed by atoms with E-state index in [1.54, 1.807) is 18.6 Å². The SMILES string of the molecule is CC(=O)Nc1cc(C(=O)N(CC2CCC2)C[C@@H]2CCCO2)cc2ncn(CCc3ccccn3)c12. The highest BCUT2D eigenvalue weighted by atomic mass is 16.5. The van der Waals surface area contributed by atoms with Gasteiger partial charge in [-0.1, -0.05) is 12.5 Å². The second-order valence-corrected chi connectivity index (χ2v) is 9.72. The maximum Gasteiger partial charge on any atom is 0.254 e. The van der Waals surface area contributed by atoms with Crippen LogP contribution in [0.5, 0.6) is 0 Å². The summed E-state index contributed by atoms with van der Waals surface area (Å²) < 4.78 is 7.86. The van der Waals surface area contributed by atoms with Crippen molar-refractivity contribution in [3.05, 3.63) is 54.1 Å². The molecule has 2 aromatic heterocycles. The van der Waals surface area contributed by atoms with Crippen LogP contribution in [0.3, 0.4) is 0 Å². The molecule has 0 unspecified atom stereocenters. The van der Waals surface area contributed by atoms with Crippen molar-refractivity contribution >= 4 is 28.5 Å². The fourth-order valence-electron chi connectivity index (χ4n) is 5.01. The molecule has 1 N–H and O–H groups in total. The first kappa shape index (κ1) is 23.5. The molecule has 3 heterocycles. The first-order valence-electron chi connectivity index (χ1n) is 12.6. The van der Waals surface area contributed by atoms with E-state index in [9.17, 15) is 9.59 Å². The Balaban J connectivity index is 1.43. The molecule has 2 aliphatic rings. The Morgan fingerprint density at radius 3 is 2.71 bits per heavy atom. The zero-order valence-electron chi connectivity index (χ0n) is 20.3. The lowest BCUT2D eigenvalue weighted by molar-refractivity contribution is -0.114. The number of aryl methyl sites for hydroxylation is 2. The minimum atomic E-state index is -0.181. The molecule has 0 spiro atoms. The van der Waals surface area contributed by atoms with Gasteiger partial charge in [-0.2, -0.15) is 0 Å². The number of fused-ring (bicyclic) bond motifs is 1. The van der Waals surface area contributed by atoms with Gasteiger partial charge in [-0.15, -0.1) is 0 Å². The average Bonchev–Trinajstić information content (AvgIpc) is 3.49. The summed E-state index contributed by atoms with van der Waals surface area (Å²) in [7, 11) is 0. The molecule has 1 aromatic carbocycles. The molecule has 2 fully saturated rings. The largest absolute Gasteiger partial charge is 0.376 e. The van der Waals surface area contributed by atoms with Crippen molar-refractivity contribution in [3.8, 4) is 0 Å². The van der Waals surface area contributed by atoms with Crippen molar-refractivity contribution in [1.82, 2.24) is 19.4 Å². The van der Waals surface area contributed by atoms with Gasteiger partial charge in [0.25, 0.3) is 5.91 Å². The molecule has 35 heavy (non-hydrogen) atoms. The van der Waals surface area contributed by atoms with Crippen molar-refractivity contribution in [3.63, 3.8) is 0 Å². The van der Waals surface area contributed by atoms with E-state index in [1.807, 2.05) is 33.7 Å². The molecular formula is C27H33N5O3. The highest BCUT2D eigenvalue weighted by Gasteiger charge is 2.29. The van der Waals surface area contributed by atoms with E-state index >= 15 is 0 Å². The van der Waals surface area contributed by atoms with Gasteiger partial charge in [0.2, 0.25) is 5.91 Å². The molecule has 1 aliphatic carbocycles. The summed E-state index contributed by atoms with van der Waals surface area (Å²) in [6.07, 6.45) is 10.0. The zero-order chi connectivity index (χ0) is 24.2.